The lowest BCUT2D eigenvalue weighted by Gasteiger charge is -2.07. The van der Waals surface area contributed by atoms with Crippen molar-refractivity contribution in [1.82, 2.24) is 10.3 Å². The molecule has 0 atom stereocenters. The van der Waals surface area contributed by atoms with E-state index in [0.29, 0.717) is 18.0 Å². The van der Waals surface area contributed by atoms with Crippen LogP contribution in [0.4, 0.5) is 6.01 Å². The summed E-state index contributed by atoms with van der Waals surface area (Å²) in [6.07, 6.45) is 0. The molecule has 0 fully saturated rings. The number of oxazole rings is 1. The first kappa shape index (κ1) is 13.5. The van der Waals surface area contributed by atoms with Crippen molar-refractivity contribution in [1.29, 1.82) is 0 Å². The van der Waals surface area contributed by atoms with Gasteiger partial charge in [-0.05, 0) is 34.9 Å². The van der Waals surface area contributed by atoms with E-state index in [1.807, 2.05) is 30.3 Å². The lowest BCUT2D eigenvalue weighted by molar-refractivity contribution is -0.117. The molecule has 1 amide bonds. The van der Waals surface area contributed by atoms with Gasteiger partial charge in [-0.3, -0.25) is 9.79 Å². The summed E-state index contributed by atoms with van der Waals surface area (Å²) >= 11 is 0. The summed E-state index contributed by atoms with van der Waals surface area (Å²) in [6, 6.07) is 12.0. The van der Waals surface area contributed by atoms with Gasteiger partial charge in [0.05, 0.1) is 6.54 Å². The Morgan fingerprint density at radius 1 is 1.22 bits per heavy atom. The maximum absolute atomic E-state index is 11.2. The van der Waals surface area contributed by atoms with Gasteiger partial charge in [0, 0.05) is 12.5 Å². The van der Waals surface area contributed by atoms with Gasteiger partial charge in [0.1, 0.15) is 11.4 Å². The van der Waals surface area contributed by atoms with Crippen LogP contribution in [0.15, 0.2) is 45.8 Å². The number of hydrogen-bond acceptors (Lipinski definition) is 5. The smallest absolute Gasteiger partial charge is 0.292 e. The Morgan fingerprint density at radius 2 is 2.00 bits per heavy atom. The first-order valence-electron chi connectivity index (χ1n) is 7.22. The maximum Gasteiger partial charge on any atom is 0.292 e. The van der Waals surface area contributed by atoms with Gasteiger partial charge in [-0.15, -0.1) is 0 Å². The van der Waals surface area contributed by atoms with Gasteiger partial charge in [-0.2, -0.15) is 4.98 Å². The molecule has 0 aliphatic carbocycles. The van der Waals surface area contributed by atoms with Crippen molar-refractivity contribution in [2.24, 2.45) is 4.99 Å². The van der Waals surface area contributed by atoms with E-state index in [4.69, 9.17) is 10.2 Å². The molecule has 1 aromatic heterocycles. The molecule has 0 unspecified atom stereocenters. The van der Waals surface area contributed by atoms with E-state index in [1.165, 1.54) is 6.92 Å². The molecule has 0 saturated carbocycles. The Bertz CT molecular complexity index is 972. The second-order valence-corrected chi connectivity index (χ2v) is 5.45. The number of amides is 1. The van der Waals surface area contributed by atoms with Crippen LogP contribution >= 0.6 is 0 Å². The Labute approximate surface area is 132 Å². The number of hydrogen-bond donors (Lipinski definition) is 2. The standard InChI is InChI=1S/C17H14N4O2/c1-9(22)20-16-13-4-2-10(6-12(13)8-19-16)11-3-5-15-14(7-11)21-17(18)23-15/h2-7H,8H2,1H3,(H2,18,21)(H,19,20,22). The van der Waals surface area contributed by atoms with Crippen molar-refractivity contribution in [3.05, 3.63) is 47.5 Å². The molecular weight excluding hydrogens is 292 g/mol. The predicted molar refractivity (Wildman–Crippen MR) is 87.9 cm³/mol. The number of anilines is 1. The first-order chi connectivity index (χ1) is 11.1. The molecule has 6 nitrogen and oxygen atoms in total. The molecule has 3 aromatic rings. The summed E-state index contributed by atoms with van der Waals surface area (Å²) in [5, 5.41) is 2.76. The summed E-state index contributed by atoms with van der Waals surface area (Å²) in [5.74, 6) is 0.522. The lowest BCUT2D eigenvalue weighted by Crippen LogP contribution is -2.27. The predicted octanol–water partition coefficient (Wildman–Crippen LogP) is 2.47. The lowest BCUT2D eigenvalue weighted by atomic mass is 9.99. The molecule has 23 heavy (non-hydrogen) atoms. The number of benzene rings is 2. The van der Waals surface area contributed by atoms with Crippen LogP contribution in [0.3, 0.4) is 0 Å². The molecule has 0 radical (unpaired) electrons. The molecule has 3 N–H and O–H groups in total. The number of nitrogens with zero attached hydrogens (tertiary/aromatic N) is 2. The zero-order chi connectivity index (χ0) is 16.0. The Kier molecular flexibility index (Phi) is 2.90. The number of nitrogens with one attached hydrogen (secondary N) is 1. The topological polar surface area (TPSA) is 93.5 Å². The summed E-state index contributed by atoms with van der Waals surface area (Å²) < 4.78 is 5.29. The minimum atomic E-state index is -0.116. The third-order valence-corrected chi connectivity index (χ3v) is 3.80. The van der Waals surface area contributed by atoms with E-state index >= 15 is 0 Å². The van der Waals surface area contributed by atoms with Crippen molar-refractivity contribution in [2.75, 3.05) is 5.73 Å². The fraction of sp³-hybridized carbons (Fsp3) is 0.118. The third kappa shape index (κ3) is 2.34. The number of fused-ring (bicyclic) bond motifs is 2. The van der Waals surface area contributed by atoms with Gasteiger partial charge in [0.2, 0.25) is 5.91 Å². The van der Waals surface area contributed by atoms with Crippen LogP contribution in [-0.4, -0.2) is 16.7 Å². The summed E-state index contributed by atoms with van der Waals surface area (Å²) in [6.45, 7) is 2.05. The van der Waals surface area contributed by atoms with E-state index in [-0.39, 0.29) is 11.9 Å². The molecule has 6 heteroatoms. The third-order valence-electron chi connectivity index (χ3n) is 3.80. The Balaban J connectivity index is 1.72. The van der Waals surface area contributed by atoms with Crippen LogP contribution < -0.4 is 11.1 Å². The van der Waals surface area contributed by atoms with Crippen molar-refractivity contribution in [2.45, 2.75) is 13.5 Å². The van der Waals surface area contributed by atoms with Gasteiger partial charge in [-0.1, -0.05) is 18.2 Å². The minimum absolute atomic E-state index is 0.116. The van der Waals surface area contributed by atoms with Crippen LogP contribution in [0.1, 0.15) is 18.1 Å². The summed E-state index contributed by atoms with van der Waals surface area (Å²) in [4.78, 5) is 19.7. The molecule has 0 spiro atoms. The molecule has 0 bridgehead atoms. The van der Waals surface area contributed by atoms with E-state index in [9.17, 15) is 4.79 Å². The second kappa shape index (κ2) is 4.95. The molecule has 4 rings (SSSR count). The van der Waals surface area contributed by atoms with Crippen molar-refractivity contribution in [3.8, 4) is 11.1 Å². The van der Waals surface area contributed by atoms with Gasteiger partial charge in [-0.25, -0.2) is 0 Å². The SMILES string of the molecule is CC(=O)NC1=NCc2cc(-c3ccc4oc(N)nc4c3)ccc21. The maximum atomic E-state index is 11.2. The summed E-state index contributed by atoms with van der Waals surface area (Å²) in [5.41, 5.74) is 11.1. The average Bonchev–Trinajstić information content (AvgIpc) is 3.08. The number of aromatic nitrogens is 1. The number of carbonyl (C=O) groups is 1. The zero-order valence-electron chi connectivity index (χ0n) is 12.5. The van der Waals surface area contributed by atoms with Gasteiger partial charge < -0.3 is 15.5 Å². The minimum Gasteiger partial charge on any atom is -0.424 e. The molecule has 0 saturated heterocycles. The highest BCUT2D eigenvalue weighted by molar-refractivity contribution is 6.09. The Morgan fingerprint density at radius 3 is 2.83 bits per heavy atom. The molecule has 2 heterocycles. The molecule has 1 aliphatic rings. The molecule has 1 aliphatic heterocycles. The quantitative estimate of drug-likeness (QED) is 0.722. The normalized spacial score (nSPS) is 13.0. The summed E-state index contributed by atoms with van der Waals surface area (Å²) in [7, 11) is 0. The second-order valence-electron chi connectivity index (χ2n) is 5.45. The monoisotopic (exact) mass is 306 g/mol. The highest BCUT2D eigenvalue weighted by Crippen LogP contribution is 2.29. The van der Waals surface area contributed by atoms with E-state index < -0.39 is 0 Å². The first-order valence-corrected chi connectivity index (χ1v) is 7.22. The largest absolute Gasteiger partial charge is 0.424 e. The molecule has 2 aromatic carbocycles. The van der Waals surface area contributed by atoms with E-state index in [2.05, 4.69) is 21.4 Å². The van der Waals surface area contributed by atoms with Gasteiger partial charge in [0.25, 0.3) is 6.01 Å². The number of carbonyl (C=O) groups excluding carboxylic acids is 1. The highest BCUT2D eigenvalue weighted by atomic mass is 16.4. The van der Waals surface area contributed by atoms with E-state index in [0.717, 1.165) is 27.8 Å². The van der Waals surface area contributed by atoms with Crippen LogP contribution in [0.2, 0.25) is 0 Å². The fourth-order valence-electron chi connectivity index (χ4n) is 2.78. The van der Waals surface area contributed by atoms with Crippen molar-refractivity contribution in [3.63, 3.8) is 0 Å². The van der Waals surface area contributed by atoms with E-state index in [1.54, 1.807) is 0 Å². The molecular formula is C17H14N4O2. The van der Waals surface area contributed by atoms with Crippen LogP contribution in [0, 0.1) is 0 Å². The number of aliphatic imine (C=N–C) groups is 1. The zero-order valence-corrected chi connectivity index (χ0v) is 12.5. The van der Waals surface area contributed by atoms with Crippen LogP contribution in [0.25, 0.3) is 22.2 Å². The van der Waals surface area contributed by atoms with Crippen molar-refractivity contribution < 1.29 is 9.21 Å². The molecule has 114 valence electrons. The highest BCUT2D eigenvalue weighted by Gasteiger charge is 2.17. The Hall–Kier alpha value is -3.15. The van der Waals surface area contributed by atoms with Gasteiger partial charge >= 0.3 is 0 Å². The fourth-order valence-corrected chi connectivity index (χ4v) is 2.78. The van der Waals surface area contributed by atoms with Crippen molar-refractivity contribution >= 4 is 28.9 Å². The van der Waals surface area contributed by atoms with Crippen LogP contribution in [-0.2, 0) is 11.3 Å². The number of nitrogens with two attached hydrogens (primary N) is 1. The van der Waals surface area contributed by atoms with Crippen LogP contribution in [0.5, 0.6) is 0 Å². The number of rotatable bonds is 1. The number of amidine groups is 1. The average molecular weight is 306 g/mol. The number of nitrogen functional groups attached to an aromatic ring is 1. The van der Waals surface area contributed by atoms with Gasteiger partial charge in [0.15, 0.2) is 5.58 Å².